The van der Waals surface area contributed by atoms with Gasteiger partial charge < -0.3 is 0 Å². The summed E-state index contributed by atoms with van der Waals surface area (Å²) in [6, 6.07) is 5.82. The molecule has 1 nitrogen and oxygen atoms in total. The summed E-state index contributed by atoms with van der Waals surface area (Å²) in [5, 5.41) is 0. The molecule has 106 valence electrons. The Bertz CT molecular complexity index is 419. The number of benzene rings is 1. The third-order valence-corrected chi connectivity index (χ3v) is 4.40. The van der Waals surface area contributed by atoms with Gasteiger partial charge in [-0.15, -0.1) is 0 Å². The quantitative estimate of drug-likeness (QED) is 0.727. The molecule has 0 saturated carbocycles. The first-order valence-corrected chi connectivity index (χ1v) is 8.11. The summed E-state index contributed by atoms with van der Waals surface area (Å²) in [6.45, 7) is 6.35. The zero-order valence-corrected chi connectivity index (χ0v) is 13.4. The average molecular weight is 328 g/mol. The van der Waals surface area contributed by atoms with Gasteiger partial charge in [0.05, 0.1) is 0 Å². The van der Waals surface area contributed by atoms with Crippen LogP contribution in [-0.4, -0.2) is 22.3 Å². The van der Waals surface area contributed by atoms with Crippen LogP contribution in [-0.2, 0) is 6.54 Å². The van der Waals surface area contributed by atoms with Crippen molar-refractivity contribution < 1.29 is 4.39 Å². The van der Waals surface area contributed by atoms with Crippen molar-refractivity contribution in [1.82, 2.24) is 4.90 Å². The van der Waals surface area contributed by atoms with Crippen molar-refractivity contribution in [1.29, 1.82) is 0 Å². The molecule has 1 heterocycles. The lowest BCUT2D eigenvalue weighted by molar-refractivity contribution is 0.133. The van der Waals surface area contributed by atoms with Crippen molar-refractivity contribution in [3.05, 3.63) is 35.1 Å². The highest BCUT2D eigenvalue weighted by molar-refractivity contribution is 9.09. The number of hydrogen-bond donors (Lipinski definition) is 0. The van der Waals surface area contributed by atoms with E-state index in [1.54, 1.807) is 12.1 Å². The SMILES string of the molecule is Cc1cc(F)ccc1CN1CCCCC1CC(C)Br. The number of likely N-dealkylation sites (tertiary alicyclic amines) is 1. The molecule has 0 aromatic heterocycles. The molecule has 1 aromatic rings. The Kier molecular flexibility index (Phi) is 5.40. The first kappa shape index (κ1) is 15.0. The zero-order chi connectivity index (χ0) is 13.8. The van der Waals surface area contributed by atoms with Gasteiger partial charge in [0.1, 0.15) is 5.82 Å². The Balaban J connectivity index is 2.06. The number of nitrogens with zero attached hydrogens (tertiary/aromatic N) is 1. The van der Waals surface area contributed by atoms with Gasteiger partial charge in [0.15, 0.2) is 0 Å². The van der Waals surface area contributed by atoms with Gasteiger partial charge in [-0.25, -0.2) is 4.39 Å². The van der Waals surface area contributed by atoms with Crippen LogP contribution in [0.3, 0.4) is 0 Å². The predicted octanol–water partition coefficient (Wildman–Crippen LogP) is 4.66. The van der Waals surface area contributed by atoms with E-state index in [4.69, 9.17) is 0 Å². The highest BCUT2D eigenvalue weighted by atomic mass is 79.9. The van der Waals surface area contributed by atoms with Gasteiger partial charge >= 0.3 is 0 Å². The summed E-state index contributed by atoms with van der Waals surface area (Å²) >= 11 is 3.67. The van der Waals surface area contributed by atoms with E-state index >= 15 is 0 Å². The Morgan fingerprint density at radius 3 is 2.89 bits per heavy atom. The second-order valence-electron chi connectivity index (χ2n) is 5.71. The van der Waals surface area contributed by atoms with E-state index in [0.29, 0.717) is 10.9 Å². The van der Waals surface area contributed by atoms with Crippen LogP contribution in [0, 0.1) is 12.7 Å². The van der Waals surface area contributed by atoms with Gasteiger partial charge in [-0.05, 0) is 56.0 Å². The van der Waals surface area contributed by atoms with Crippen LogP contribution in [0.1, 0.15) is 43.7 Å². The molecule has 1 aliphatic heterocycles. The molecule has 1 aliphatic rings. The van der Waals surface area contributed by atoms with Crippen LogP contribution in [0.4, 0.5) is 4.39 Å². The van der Waals surface area contributed by atoms with Crippen LogP contribution in [0.2, 0.25) is 0 Å². The van der Waals surface area contributed by atoms with Crippen LogP contribution in [0.25, 0.3) is 0 Å². The first-order valence-electron chi connectivity index (χ1n) is 7.19. The van der Waals surface area contributed by atoms with Crippen molar-refractivity contribution in [3.63, 3.8) is 0 Å². The molecule has 0 radical (unpaired) electrons. The molecule has 0 amide bonds. The number of hydrogen-bond acceptors (Lipinski definition) is 1. The van der Waals surface area contributed by atoms with E-state index in [-0.39, 0.29) is 5.82 Å². The summed E-state index contributed by atoms with van der Waals surface area (Å²) < 4.78 is 13.2. The molecule has 1 saturated heterocycles. The van der Waals surface area contributed by atoms with E-state index in [1.165, 1.54) is 37.8 Å². The summed E-state index contributed by atoms with van der Waals surface area (Å²) in [5.41, 5.74) is 2.33. The fourth-order valence-electron chi connectivity index (χ4n) is 2.97. The summed E-state index contributed by atoms with van der Waals surface area (Å²) in [5.74, 6) is -0.134. The molecule has 19 heavy (non-hydrogen) atoms. The van der Waals surface area contributed by atoms with Crippen molar-refractivity contribution in [2.45, 2.75) is 56.9 Å². The lowest BCUT2D eigenvalue weighted by atomic mass is 9.97. The van der Waals surface area contributed by atoms with Crippen molar-refractivity contribution in [3.8, 4) is 0 Å². The average Bonchev–Trinajstić information content (AvgIpc) is 2.34. The molecule has 0 N–H and O–H groups in total. The second-order valence-corrected chi connectivity index (χ2v) is 7.27. The topological polar surface area (TPSA) is 3.24 Å². The monoisotopic (exact) mass is 327 g/mol. The maximum atomic E-state index is 13.2. The standard InChI is InChI=1S/C16H23BrFN/c1-12-9-15(18)7-6-14(12)11-19-8-4-3-5-16(19)10-13(2)17/h6-7,9,13,16H,3-5,8,10-11H2,1-2H3. The van der Waals surface area contributed by atoms with Crippen molar-refractivity contribution >= 4 is 15.9 Å². The number of halogens is 2. The maximum absolute atomic E-state index is 13.2. The fourth-order valence-corrected chi connectivity index (χ4v) is 3.40. The van der Waals surface area contributed by atoms with Gasteiger partial charge in [0.2, 0.25) is 0 Å². The molecule has 1 aromatic carbocycles. The zero-order valence-electron chi connectivity index (χ0n) is 11.8. The van der Waals surface area contributed by atoms with Crippen molar-refractivity contribution in [2.75, 3.05) is 6.54 Å². The van der Waals surface area contributed by atoms with E-state index in [9.17, 15) is 4.39 Å². The highest BCUT2D eigenvalue weighted by Crippen LogP contribution is 2.25. The molecular weight excluding hydrogens is 305 g/mol. The largest absolute Gasteiger partial charge is 0.296 e. The summed E-state index contributed by atoms with van der Waals surface area (Å²) in [4.78, 5) is 3.13. The fraction of sp³-hybridized carbons (Fsp3) is 0.625. The minimum absolute atomic E-state index is 0.134. The third-order valence-electron chi connectivity index (χ3n) is 4.02. The molecule has 2 atom stereocenters. The van der Waals surface area contributed by atoms with Crippen LogP contribution in [0.15, 0.2) is 18.2 Å². The smallest absolute Gasteiger partial charge is 0.123 e. The number of aryl methyl sites for hydroxylation is 1. The third kappa shape index (κ3) is 4.28. The molecule has 0 aliphatic carbocycles. The van der Waals surface area contributed by atoms with Gasteiger partial charge in [-0.1, -0.05) is 35.3 Å². The normalized spacial score (nSPS) is 22.4. The minimum atomic E-state index is -0.134. The van der Waals surface area contributed by atoms with E-state index in [2.05, 4.69) is 27.8 Å². The summed E-state index contributed by atoms with van der Waals surface area (Å²) in [6.07, 6.45) is 5.10. The van der Waals surface area contributed by atoms with Gasteiger partial charge in [-0.3, -0.25) is 4.90 Å². The Hall–Kier alpha value is -0.410. The molecule has 3 heteroatoms. The lowest BCUT2D eigenvalue weighted by Gasteiger charge is -2.36. The molecular formula is C16H23BrFN. The first-order chi connectivity index (χ1) is 9.06. The van der Waals surface area contributed by atoms with Gasteiger partial charge in [-0.2, -0.15) is 0 Å². The maximum Gasteiger partial charge on any atom is 0.123 e. The number of piperidine rings is 1. The summed E-state index contributed by atoms with van der Waals surface area (Å²) in [7, 11) is 0. The Labute approximate surface area is 124 Å². The van der Waals surface area contributed by atoms with E-state index < -0.39 is 0 Å². The van der Waals surface area contributed by atoms with Gasteiger partial charge in [0.25, 0.3) is 0 Å². The van der Waals surface area contributed by atoms with E-state index in [1.807, 2.05) is 13.0 Å². The van der Waals surface area contributed by atoms with Crippen LogP contribution in [0.5, 0.6) is 0 Å². The second kappa shape index (κ2) is 6.85. The molecule has 0 bridgehead atoms. The van der Waals surface area contributed by atoms with Crippen molar-refractivity contribution in [2.24, 2.45) is 0 Å². The Morgan fingerprint density at radius 2 is 2.21 bits per heavy atom. The van der Waals surface area contributed by atoms with E-state index in [0.717, 1.165) is 12.1 Å². The molecule has 2 unspecified atom stereocenters. The molecule has 2 rings (SSSR count). The predicted molar refractivity (Wildman–Crippen MR) is 82.2 cm³/mol. The van der Waals surface area contributed by atoms with Crippen LogP contribution < -0.4 is 0 Å². The number of alkyl halides is 1. The van der Waals surface area contributed by atoms with Gasteiger partial charge in [0, 0.05) is 17.4 Å². The molecule has 0 spiro atoms. The highest BCUT2D eigenvalue weighted by Gasteiger charge is 2.23. The Morgan fingerprint density at radius 1 is 1.42 bits per heavy atom. The minimum Gasteiger partial charge on any atom is -0.296 e. The molecule has 1 fully saturated rings. The lowest BCUT2D eigenvalue weighted by Crippen LogP contribution is -2.40. The van der Waals surface area contributed by atoms with Crippen LogP contribution >= 0.6 is 15.9 Å². The number of rotatable bonds is 4.